The van der Waals surface area contributed by atoms with Gasteiger partial charge in [0.05, 0.1) is 18.9 Å². The number of hydrogen-bond donors (Lipinski definition) is 24. The number of H-pyrrole nitrogens is 1. The van der Waals surface area contributed by atoms with Crippen molar-refractivity contribution >= 4 is 159 Å². The van der Waals surface area contributed by atoms with Gasteiger partial charge in [0.15, 0.2) is 0 Å². The van der Waals surface area contributed by atoms with Crippen LogP contribution in [0.4, 0.5) is 0 Å². The molecule has 19 amide bonds. The van der Waals surface area contributed by atoms with Crippen molar-refractivity contribution in [2.45, 2.75) is 239 Å². The molecule has 0 spiro atoms. The minimum atomic E-state index is -2.06. The van der Waals surface area contributed by atoms with E-state index in [0.717, 1.165) is 19.2 Å². The van der Waals surface area contributed by atoms with Crippen LogP contribution in [0.1, 0.15) is 159 Å². The lowest BCUT2D eigenvalue weighted by molar-refractivity contribution is -0.138. The predicted octanol–water partition coefficient (Wildman–Crippen LogP) is -4.32. The molecule has 0 unspecified atom stereocenters. The molecule has 1 heterocycles. The summed E-state index contributed by atoms with van der Waals surface area (Å²) in [5.74, 6) is -19.3. The molecule has 0 bridgehead atoms. The van der Waals surface area contributed by atoms with E-state index >= 15 is 28.8 Å². The molecule has 0 radical (unpaired) electrons. The lowest BCUT2D eigenvalue weighted by Crippen LogP contribution is -2.65. The molecule has 41 nitrogen and oxygen atoms in total. The fraction of sp³-hybridized carbons (Fsp3) is 0.482. The number of fused-ring (bicyclic) bond motifs is 2. The van der Waals surface area contributed by atoms with Gasteiger partial charge in [0.1, 0.15) is 72.0 Å². The number of aliphatic hydroxyl groups is 1. The van der Waals surface area contributed by atoms with Crippen molar-refractivity contribution in [3.63, 3.8) is 0 Å². The third-order valence-electron chi connectivity index (χ3n) is 20.2. The van der Waals surface area contributed by atoms with Crippen molar-refractivity contribution in [1.29, 1.82) is 0 Å². The average molecular weight is 1790 g/mol. The van der Waals surface area contributed by atoms with Crippen LogP contribution in [0.25, 0.3) is 21.7 Å². The molecule has 0 saturated carbocycles. The highest BCUT2D eigenvalue weighted by molar-refractivity contribution is 7.82. The number of nitrogens with two attached hydrogens (primary N) is 7. The molecule has 126 heavy (non-hydrogen) atoms. The minimum Gasteiger partial charge on any atom is -0.391 e. The molecule has 43 heteroatoms. The monoisotopic (exact) mass is 1790 g/mol. The highest BCUT2D eigenvalue weighted by Crippen LogP contribution is 2.25. The first-order valence-electron chi connectivity index (χ1n) is 40.6. The Morgan fingerprint density at radius 1 is 0.437 bits per heavy atom. The number of aliphatic hydroxyl groups excluding tert-OH is 1. The lowest BCUT2D eigenvalue weighted by atomic mass is 9.91. The van der Waals surface area contributed by atoms with E-state index < -0.39 is 245 Å². The van der Waals surface area contributed by atoms with Crippen LogP contribution in [0.3, 0.4) is 0 Å². The number of rotatable bonds is 53. The van der Waals surface area contributed by atoms with Crippen LogP contribution >= 0.6 is 25.3 Å². The van der Waals surface area contributed by atoms with Crippen molar-refractivity contribution in [3.05, 3.63) is 119 Å². The Morgan fingerprint density at radius 2 is 0.897 bits per heavy atom. The number of benzene rings is 4. The number of hydrogen-bond acceptors (Lipinski definition) is 23. The van der Waals surface area contributed by atoms with E-state index in [9.17, 15) is 67.4 Å². The third-order valence-corrected chi connectivity index (χ3v) is 20.8. The third kappa shape index (κ3) is 33.7. The Kier molecular flexibility index (Phi) is 39.9. The number of primary amides is 6. The summed E-state index contributed by atoms with van der Waals surface area (Å²) in [4.78, 5) is 264. The number of amides is 19. The molecule has 13 atom stereocenters. The van der Waals surface area contributed by atoms with Gasteiger partial charge in [0.25, 0.3) is 0 Å². The van der Waals surface area contributed by atoms with Crippen LogP contribution in [0, 0.1) is 0 Å². The van der Waals surface area contributed by atoms with E-state index in [1.807, 2.05) is 6.07 Å². The van der Waals surface area contributed by atoms with Gasteiger partial charge in [-0.3, -0.25) is 91.1 Å². The van der Waals surface area contributed by atoms with E-state index in [1.54, 1.807) is 60.7 Å². The molecule has 1 aromatic heterocycles. The van der Waals surface area contributed by atoms with Crippen LogP contribution in [-0.2, 0) is 106 Å². The van der Waals surface area contributed by atoms with Gasteiger partial charge in [-0.1, -0.05) is 72.8 Å². The molecule has 4 aromatic carbocycles. The van der Waals surface area contributed by atoms with E-state index in [1.165, 1.54) is 72.0 Å². The Bertz CT molecular complexity index is 4800. The summed E-state index contributed by atoms with van der Waals surface area (Å²) in [6.07, 6.45) is -4.96. The minimum absolute atomic E-state index is 0.0370. The Morgan fingerprint density at radius 3 is 1.44 bits per heavy atom. The lowest BCUT2D eigenvalue weighted by Gasteiger charge is -2.34. The van der Waals surface area contributed by atoms with Gasteiger partial charge < -0.3 is 119 Å². The molecule has 5 aromatic rings. The van der Waals surface area contributed by atoms with Gasteiger partial charge in [0, 0.05) is 84.7 Å². The smallest absolute Gasteiger partial charge is 0.248 e. The fourth-order valence-corrected chi connectivity index (χ4v) is 13.7. The number of carbonyl (C=O) groups is 19. The Labute approximate surface area is 737 Å². The van der Waals surface area contributed by atoms with Gasteiger partial charge >= 0.3 is 0 Å². The molecule has 29 N–H and O–H groups in total. The van der Waals surface area contributed by atoms with Crippen LogP contribution in [0.5, 0.6) is 0 Å². The second kappa shape index (κ2) is 48.5. The molecular weight excluding hydrogens is 1680 g/mol. The first-order chi connectivity index (χ1) is 59.0. The van der Waals surface area contributed by atoms with Gasteiger partial charge in [-0.15, -0.1) is 0 Å². The average Bonchev–Trinajstić information content (AvgIpc) is 1.28. The van der Waals surface area contributed by atoms with Crippen molar-refractivity contribution in [2.24, 2.45) is 40.1 Å². The number of aromatic nitrogens is 1. The second-order valence-corrected chi connectivity index (χ2v) is 34.4. The SMILES string of the molecule is CC(=O)NCCCC[C@H](NC(=O)[C@](C)(CCCCN)NC(=O)[C@H](Cc1ccc2ccccc2c1)NC(=O)[C@H](Cc1ccc(C(N)=O)cc1)NC(=O)[C@@H](NC(=O)[C@H](CCC(N)=O)NC(=O)[C@H](Cc1c[nH]c2ccccc12)NC(=O)[C@@H](NC(=O)[C@H](CCC(N)=O)NC(=O)[C@@H](NC(C)=O)C(C)(C)S)[C@@H](C)O)C(C)(C)S)C(=O)N[C@@H](CC(N)=O)C(=O)N[C@@H](CC(N)=O)C(N)=O. The second-order valence-electron chi connectivity index (χ2n) is 32.1. The Hall–Kier alpha value is -12.8. The number of aromatic amines is 1. The Balaban J connectivity index is 1.58. The standard InChI is InChI=1S/C83H117N21O20S2/c1-42(105)65(102-71(115)54(28-30-61(85)108)95-78(122)66(81(4,5)125)93-44(3)107)77(121)99-59(38-50-41-92-52-20-12-11-19-51(50)52)74(118)94-55(29-31-62(86)109)72(116)103-67(82(6,7)126)79(123)100-57(36-45-22-26-48(27-23-45)68(89)112)73(117)97-58(37-46-24-25-47-17-9-10-18-49(47)35-46)76(120)104-83(8,32-14-15-33-84)80(124)101-53(21-13-16-34-91-43(2)106)70(114)98-60(40-64(88)111)75(119)96-56(69(90)113)39-63(87)110/h9-12,17-20,22-27,35,41-42,53-60,65-67,92,105,125-126H,13-16,21,28-34,36-40,84H2,1-8H3,(H2,85,108)(H2,86,109)(H2,87,110)(H2,88,111)(H2,89,112)(H2,90,113)(H,91,106)(H,93,107)(H,94,118)(H,95,122)(H,96,119)(H,97,117)(H,98,114)(H,99,121)(H,100,123)(H,101,124)(H,102,115)(H,103,116)(H,104,120)/t42-,53+,54+,55+,56+,57+,58+,59+,60+,65+,66-,67-,83+/m1/s1. The van der Waals surface area contributed by atoms with Crippen molar-refractivity contribution in [3.8, 4) is 0 Å². The zero-order valence-corrected chi connectivity index (χ0v) is 73.1. The molecule has 686 valence electrons. The first-order valence-corrected chi connectivity index (χ1v) is 41.4. The first kappa shape index (κ1) is 104. The summed E-state index contributed by atoms with van der Waals surface area (Å²) in [5.41, 5.74) is 38.5. The van der Waals surface area contributed by atoms with Gasteiger partial charge in [-0.05, 0) is 145 Å². The molecular formula is C83H117N21O20S2. The van der Waals surface area contributed by atoms with E-state index in [-0.39, 0.29) is 75.1 Å². The van der Waals surface area contributed by atoms with Crippen molar-refractivity contribution in [1.82, 2.24) is 74.1 Å². The number of carbonyl (C=O) groups excluding carboxylic acids is 19. The maximum absolute atomic E-state index is 15.6. The highest BCUT2D eigenvalue weighted by atomic mass is 32.1. The van der Waals surface area contributed by atoms with E-state index in [0.29, 0.717) is 27.4 Å². The fourth-order valence-electron chi connectivity index (χ4n) is 13.4. The number of para-hydroxylation sites is 1. The van der Waals surface area contributed by atoms with Gasteiger partial charge in [-0.25, -0.2) is 0 Å². The molecule has 0 saturated heterocycles. The molecule has 0 fully saturated rings. The van der Waals surface area contributed by atoms with Gasteiger partial charge in [0.2, 0.25) is 112 Å². The van der Waals surface area contributed by atoms with Crippen LogP contribution in [0.15, 0.2) is 97.2 Å². The molecule has 0 aliphatic rings. The summed E-state index contributed by atoms with van der Waals surface area (Å²) in [6, 6.07) is 5.51. The highest BCUT2D eigenvalue weighted by Gasteiger charge is 2.44. The van der Waals surface area contributed by atoms with E-state index in [2.05, 4.69) is 86.7 Å². The summed E-state index contributed by atoms with van der Waals surface area (Å²) in [7, 11) is 0. The number of thiol groups is 2. The number of nitrogens with one attached hydrogen (secondary N) is 14. The summed E-state index contributed by atoms with van der Waals surface area (Å²) in [5, 5.41) is 46.1. The summed E-state index contributed by atoms with van der Waals surface area (Å²) < 4.78 is -2.90. The molecule has 0 aliphatic heterocycles. The maximum atomic E-state index is 15.6. The maximum Gasteiger partial charge on any atom is 0.248 e. The zero-order valence-electron chi connectivity index (χ0n) is 71.3. The largest absolute Gasteiger partial charge is 0.391 e. The van der Waals surface area contributed by atoms with E-state index in [4.69, 9.17) is 52.8 Å². The van der Waals surface area contributed by atoms with Crippen molar-refractivity contribution < 1.29 is 96.2 Å². The number of unbranched alkanes of at least 4 members (excludes halogenated alkanes) is 2. The normalized spacial score (nSPS) is 14.7. The van der Waals surface area contributed by atoms with Crippen LogP contribution < -0.4 is 109 Å². The topological polar surface area (TPSA) is 699 Å². The predicted molar refractivity (Wildman–Crippen MR) is 469 cm³/mol. The van der Waals surface area contributed by atoms with Crippen LogP contribution in [-0.4, -0.2) is 223 Å². The summed E-state index contributed by atoms with van der Waals surface area (Å²) in [6.45, 7) is 10.8. The molecule has 5 rings (SSSR count). The van der Waals surface area contributed by atoms with Gasteiger partial charge in [-0.2, -0.15) is 25.3 Å². The quantitative estimate of drug-likeness (QED) is 0.0129. The van der Waals surface area contributed by atoms with Crippen molar-refractivity contribution in [2.75, 3.05) is 13.1 Å². The van der Waals surface area contributed by atoms with Crippen LogP contribution in [0.2, 0.25) is 0 Å². The zero-order chi connectivity index (χ0) is 94.3. The summed E-state index contributed by atoms with van der Waals surface area (Å²) >= 11 is 9.16. The molecule has 0 aliphatic carbocycles.